The minimum absolute atomic E-state index is 0.206. The van der Waals surface area contributed by atoms with Crippen molar-refractivity contribution >= 4 is 25.8 Å². The molecule has 0 radical (unpaired) electrons. The third kappa shape index (κ3) is 3.85. The van der Waals surface area contributed by atoms with Gasteiger partial charge in [0.2, 0.25) is 0 Å². The quantitative estimate of drug-likeness (QED) is 0.630. The van der Waals surface area contributed by atoms with Crippen molar-refractivity contribution < 1.29 is 31.8 Å². The summed E-state index contributed by atoms with van der Waals surface area (Å²) in [5.74, 6) is -2.31. The number of benzene rings is 1. The number of sulfonamides is 1. The van der Waals surface area contributed by atoms with E-state index in [1.54, 1.807) is 0 Å². The van der Waals surface area contributed by atoms with E-state index < -0.39 is 49.5 Å². The van der Waals surface area contributed by atoms with E-state index in [2.05, 4.69) is 0 Å². The summed E-state index contributed by atoms with van der Waals surface area (Å²) < 4.78 is 50.5. The number of hydrazine groups is 1. The minimum Gasteiger partial charge on any atom is -0.478 e. The molecule has 2 N–H and O–H groups in total. The Bertz CT molecular complexity index is 894. The number of carboxylic acids is 1. The Morgan fingerprint density at radius 1 is 1.24 bits per heavy atom. The third-order valence-electron chi connectivity index (χ3n) is 3.93. The predicted molar refractivity (Wildman–Crippen MR) is 89.3 cm³/mol. The van der Waals surface area contributed by atoms with E-state index in [1.165, 1.54) is 38.2 Å². The molecule has 1 aliphatic heterocycles. The zero-order chi connectivity index (χ0) is 19.2. The van der Waals surface area contributed by atoms with Gasteiger partial charge in [-0.3, -0.25) is 0 Å². The number of aromatic carboxylic acids is 1. The van der Waals surface area contributed by atoms with Crippen molar-refractivity contribution in [2.45, 2.75) is 24.0 Å². The molecule has 1 aliphatic rings. The van der Waals surface area contributed by atoms with Gasteiger partial charge in [0, 0.05) is 14.1 Å². The van der Waals surface area contributed by atoms with Crippen LogP contribution in [0.2, 0.25) is 0 Å². The van der Waals surface area contributed by atoms with Crippen molar-refractivity contribution in [2.75, 3.05) is 25.6 Å². The molecule has 0 aliphatic carbocycles. The van der Waals surface area contributed by atoms with Gasteiger partial charge in [-0.2, -0.15) is 0 Å². The molecule has 0 aromatic heterocycles. The zero-order valence-corrected chi connectivity index (χ0v) is 15.6. The van der Waals surface area contributed by atoms with Gasteiger partial charge in [-0.25, -0.2) is 26.6 Å². The number of hydrogen-bond acceptors (Lipinski definition) is 7. The van der Waals surface area contributed by atoms with Crippen LogP contribution in [-0.2, 0) is 19.9 Å². The number of carboxylic acid groups (broad SMARTS) is 1. The first-order valence-corrected chi connectivity index (χ1v) is 10.6. The van der Waals surface area contributed by atoms with Gasteiger partial charge < -0.3 is 10.2 Å². The number of aryl methyl sites for hydroxylation is 1. The second kappa shape index (κ2) is 6.65. The van der Waals surface area contributed by atoms with Gasteiger partial charge in [-0.05, 0) is 24.6 Å². The molecule has 1 aromatic carbocycles. The summed E-state index contributed by atoms with van der Waals surface area (Å²) in [5, 5.41) is 20.3. The summed E-state index contributed by atoms with van der Waals surface area (Å²) in [6.45, 7) is 1.51. The van der Waals surface area contributed by atoms with Gasteiger partial charge >= 0.3 is 5.97 Å². The van der Waals surface area contributed by atoms with Crippen molar-refractivity contribution in [2.24, 2.45) is 0 Å². The van der Waals surface area contributed by atoms with Gasteiger partial charge in [-0.15, -0.1) is 4.41 Å². The summed E-state index contributed by atoms with van der Waals surface area (Å²) >= 11 is 0. The standard InChI is InChI=1S/C14H20N2O7S2/c1-9-4-5-10(14(18)19)6-13(9)25(22,23)16(15(2)3)11-7-24(20,21)8-12(11)17/h4-6,11-12,17H,7-8H2,1-3H3,(H,18,19)/t11-,12+/m1/s1. The van der Waals surface area contributed by atoms with E-state index in [4.69, 9.17) is 5.11 Å². The molecule has 11 heteroatoms. The molecule has 1 heterocycles. The highest BCUT2D eigenvalue weighted by molar-refractivity contribution is 7.92. The van der Waals surface area contributed by atoms with Crippen LogP contribution in [0.3, 0.4) is 0 Å². The SMILES string of the molecule is Cc1ccc(C(=O)O)cc1S(=O)(=O)N([C@@H]1CS(=O)(=O)C[C@@H]1O)N(C)C. The lowest BCUT2D eigenvalue weighted by atomic mass is 10.1. The van der Waals surface area contributed by atoms with Gasteiger partial charge in [-0.1, -0.05) is 6.07 Å². The van der Waals surface area contributed by atoms with Crippen LogP contribution < -0.4 is 0 Å². The van der Waals surface area contributed by atoms with Crippen molar-refractivity contribution in [3.8, 4) is 0 Å². The molecule has 0 amide bonds. The topological polar surface area (TPSA) is 132 Å². The molecule has 1 fully saturated rings. The number of hydrogen-bond donors (Lipinski definition) is 2. The van der Waals surface area contributed by atoms with Crippen LogP contribution in [0.15, 0.2) is 23.1 Å². The van der Waals surface area contributed by atoms with Gasteiger partial charge in [0.25, 0.3) is 10.0 Å². The Morgan fingerprint density at radius 2 is 1.84 bits per heavy atom. The molecule has 2 atom stereocenters. The van der Waals surface area contributed by atoms with Crippen molar-refractivity contribution in [1.29, 1.82) is 0 Å². The fourth-order valence-electron chi connectivity index (χ4n) is 2.82. The van der Waals surface area contributed by atoms with Crippen molar-refractivity contribution in [1.82, 2.24) is 9.42 Å². The molecule has 9 nitrogen and oxygen atoms in total. The number of rotatable bonds is 5. The summed E-state index contributed by atoms with van der Waals surface area (Å²) in [6.07, 6.45) is -1.37. The van der Waals surface area contributed by atoms with E-state index in [0.29, 0.717) is 5.56 Å². The summed E-state index contributed by atoms with van der Waals surface area (Å²) in [4.78, 5) is 10.9. The van der Waals surface area contributed by atoms with Crippen LogP contribution >= 0.6 is 0 Å². The Hall–Kier alpha value is -1.53. The highest BCUT2D eigenvalue weighted by atomic mass is 32.2. The van der Waals surface area contributed by atoms with Gasteiger partial charge in [0.15, 0.2) is 9.84 Å². The van der Waals surface area contributed by atoms with E-state index in [9.17, 15) is 26.7 Å². The molecule has 1 aromatic rings. The lowest BCUT2D eigenvalue weighted by Gasteiger charge is -2.34. The van der Waals surface area contributed by atoms with E-state index in [0.717, 1.165) is 10.5 Å². The van der Waals surface area contributed by atoms with Crippen LogP contribution in [-0.4, -0.2) is 80.2 Å². The lowest BCUT2D eigenvalue weighted by Crippen LogP contribution is -2.53. The summed E-state index contributed by atoms with van der Waals surface area (Å²) in [5.41, 5.74) is 0.106. The monoisotopic (exact) mass is 392 g/mol. The average Bonchev–Trinajstić information content (AvgIpc) is 2.71. The maximum absolute atomic E-state index is 13.1. The Labute approximate surface area is 146 Å². The number of carbonyl (C=O) groups is 1. The smallest absolute Gasteiger partial charge is 0.335 e. The second-order valence-electron chi connectivity index (χ2n) is 6.12. The maximum Gasteiger partial charge on any atom is 0.335 e. The largest absolute Gasteiger partial charge is 0.478 e. The Morgan fingerprint density at radius 3 is 2.28 bits per heavy atom. The molecule has 0 spiro atoms. The summed E-state index contributed by atoms with van der Waals surface area (Å²) in [6, 6.07) is 2.49. The number of sulfone groups is 1. The number of nitrogens with zero attached hydrogens (tertiary/aromatic N) is 2. The maximum atomic E-state index is 13.1. The third-order valence-corrected chi connectivity index (χ3v) is 7.72. The number of aliphatic hydroxyl groups excluding tert-OH is 1. The molecule has 140 valence electrons. The molecule has 2 rings (SSSR count). The van der Waals surface area contributed by atoms with Crippen LogP contribution in [0.25, 0.3) is 0 Å². The Balaban J connectivity index is 2.59. The van der Waals surface area contributed by atoms with E-state index in [-0.39, 0.29) is 10.5 Å². The van der Waals surface area contributed by atoms with Crippen LogP contribution in [0.4, 0.5) is 0 Å². The second-order valence-corrected chi connectivity index (χ2v) is 10.0. The van der Waals surface area contributed by atoms with E-state index >= 15 is 0 Å². The average molecular weight is 392 g/mol. The molecular formula is C14H20N2O7S2. The van der Waals surface area contributed by atoms with Crippen molar-refractivity contribution in [3.05, 3.63) is 29.3 Å². The Kier molecular flexibility index (Phi) is 5.26. The first-order valence-electron chi connectivity index (χ1n) is 7.31. The summed E-state index contributed by atoms with van der Waals surface area (Å²) in [7, 11) is -5.04. The van der Waals surface area contributed by atoms with Crippen LogP contribution in [0.5, 0.6) is 0 Å². The zero-order valence-electron chi connectivity index (χ0n) is 13.9. The highest BCUT2D eigenvalue weighted by Crippen LogP contribution is 2.28. The molecule has 1 saturated heterocycles. The molecule has 25 heavy (non-hydrogen) atoms. The van der Waals surface area contributed by atoms with E-state index in [1.807, 2.05) is 0 Å². The fraction of sp³-hybridized carbons (Fsp3) is 0.500. The van der Waals surface area contributed by atoms with Crippen molar-refractivity contribution in [3.63, 3.8) is 0 Å². The first kappa shape index (κ1) is 19.8. The number of aliphatic hydroxyl groups is 1. The minimum atomic E-state index is -4.28. The molecule has 0 saturated carbocycles. The first-order chi connectivity index (χ1) is 11.4. The van der Waals surface area contributed by atoms with Crippen LogP contribution in [0, 0.1) is 6.92 Å². The lowest BCUT2D eigenvalue weighted by molar-refractivity contribution is 0.0271. The van der Waals surface area contributed by atoms with Crippen LogP contribution in [0.1, 0.15) is 15.9 Å². The molecule has 0 bridgehead atoms. The molecular weight excluding hydrogens is 372 g/mol. The van der Waals surface area contributed by atoms with Gasteiger partial charge in [0.05, 0.1) is 34.1 Å². The normalized spacial score (nSPS) is 23.3. The molecule has 0 unspecified atom stereocenters. The fourth-order valence-corrected chi connectivity index (χ4v) is 6.63. The predicted octanol–water partition coefficient (Wildman–Crippen LogP) is -0.682. The highest BCUT2D eigenvalue weighted by Gasteiger charge is 2.46. The van der Waals surface area contributed by atoms with Gasteiger partial charge in [0.1, 0.15) is 0 Å².